The number of halogens is 3. The molecule has 1 atom stereocenters. The van der Waals surface area contributed by atoms with Gasteiger partial charge in [0.1, 0.15) is 5.75 Å². The smallest absolute Gasteiger partial charge is 0.416 e. The number of hydrogen-bond donors (Lipinski definition) is 1. The van der Waals surface area contributed by atoms with Gasteiger partial charge >= 0.3 is 6.18 Å². The summed E-state index contributed by atoms with van der Waals surface area (Å²) in [5.41, 5.74) is 2.16. The van der Waals surface area contributed by atoms with E-state index in [0.29, 0.717) is 25.4 Å². The van der Waals surface area contributed by atoms with E-state index in [4.69, 9.17) is 4.74 Å². The summed E-state index contributed by atoms with van der Waals surface area (Å²) in [6.07, 6.45) is 2.99. The monoisotopic (exact) mass is 552 g/mol. The number of likely N-dealkylation sites (tertiary alicyclic amines) is 1. The third-order valence-corrected chi connectivity index (χ3v) is 7.88. The van der Waals surface area contributed by atoms with Crippen molar-refractivity contribution >= 4 is 33.5 Å². The Morgan fingerprint density at radius 2 is 1.82 bits per heavy atom. The molecule has 0 aliphatic carbocycles. The van der Waals surface area contributed by atoms with E-state index in [0.717, 1.165) is 85.3 Å². The van der Waals surface area contributed by atoms with Crippen molar-refractivity contribution in [3.8, 4) is 5.75 Å². The Hall–Kier alpha value is -3.86. The minimum absolute atomic E-state index is 0.114. The van der Waals surface area contributed by atoms with Crippen LogP contribution in [0.15, 0.2) is 55.0 Å². The summed E-state index contributed by atoms with van der Waals surface area (Å²) in [5.74, 6) is 0.671. The number of piperidine rings is 1. The third kappa shape index (κ3) is 5.56. The Balaban J connectivity index is 1.01. The van der Waals surface area contributed by atoms with Crippen molar-refractivity contribution in [2.24, 2.45) is 5.92 Å². The average molecular weight is 553 g/mol. The van der Waals surface area contributed by atoms with Crippen LogP contribution in [0.25, 0.3) is 21.9 Å². The van der Waals surface area contributed by atoms with E-state index in [1.54, 1.807) is 6.20 Å². The molecule has 3 aromatic heterocycles. The van der Waals surface area contributed by atoms with Crippen LogP contribution in [0.2, 0.25) is 0 Å². The first-order valence-corrected chi connectivity index (χ1v) is 13.6. The van der Waals surface area contributed by atoms with Crippen molar-refractivity contribution in [1.29, 1.82) is 0 Å². The number of aromatic amines is 1. The van der Waals surface area contributed by atoms with Gasteiger partial charge in [0.25, 0.3) is 0 Å². The number of rotatable bonds is 6. The lowest BCUT2D eigenvalue weighted by Gasteiger charge is -2.38. The first kappa shape index (κ1) is 26.4. The summed E-state index contributed by atoms with van der Waals surface area (Å²) in [6.45, 7) is 5.27. The van der Waals surface area contributed by atoms with Crippen LogP contribution in [0, 0.1) is 5.92 Å². The summed E-state index contributed by atoms with van der Waals surface area (Å²) < 4.78 is 44.1. The summed E-state index contributed by atoms with van der Waals surface area (Å²) >= 11 is 0. The highest BCUT2D eigenvalue weighted by Gasteiger charge is 2.30. The lowest BCUT2D eigenvalue weighted by atomic mass is 9.99. The Kier molecular flexibility index (Phi) is 7.22. The van der Waals surface area contributed by atoms with E-state index >= 15 is 0 Å². The van der Waals surface area contributed by atoms with Crippen LogP contribution in [-0.4, -0.2) is 83.1 Å². The van der Waals surface area contributed by atoms with Gasteiger partial charge in [-0.15, -0.1) is 0 Å². The second-order valence-corrected chi connectivity index (χ2v) is 10.5. The third-order valence-electron chi connectivity index (χ3n) is 7.88. The lowest BCUT2D eigenvalue weighted by Crippen LogP contribution is -2.51. The van der Waals surface area contributed by atoms with Crippen molar-refractivity contribution in [1.82, 2.24) is 24.8 Å². The molecule has 2 aliphatic heterocycles. The Labute approximate surface area is 229 Å². The molecule has 0 bridgehead atoms. The first-order valence-electron chi connectivity index (χ1n) is 13.6. The molecule has 0 saturated carbocycles. The fourth-order valence-corrected chi connectivity index (χ4v) is 5.72. The van der Waals surface area contributed by atoms with E-state index in [1.807, 2.05) is 23.4 Å². The van der Waals surface area contributed by atoms with E-state index in [1.165, 1.54) is 12.1 Å². The number of nitrogens with one attached hydrogen (secondary N) is 1. The van der Waals surface area contributed by atoms with Gasteiger partial charge in [-0.25, -0.2) is 9.97 Å². The van der Waals surface area contributed by atoms with Gasteiger partial charge in [0.2, 0.25) is 5.91 Å². The second kappa shape index (κ2) is 11.0. The number of alkyl halides is 3. The molecule has 0 spiro atoms. The molecule has 40 heavy (non-hydrogen) atoms. The number of hydrogen-bond acceptors (Lipinski definition) is 6. The van der Waals surface area contributed by atoms with Gasteiger partial charge in [-0.2, -0.15) is 13.2 Å². The van der Waals surface area contributed by atoms with Gasteiger partial charge in [-0.3, -0.25) is 9.69 Å². The lowest BCUT2D eigenvalue weighted by molar-refractivity contribution is -0.137. The minimum atomic E-state index is -4.37. The number of ether oxygens (including phenoxy) is 1. The van der Waals surface area contributed by atoms with Gasteiger partial charge in [0.05, 0.1) is 30.4 Å². The number of aromatic nitrogens is 3. The topological polar surface area (TPSA) is 77.6 Å². The molecule has 4 aromatic rings. The van der Waals surface area contributed by atoms with E-state index in [2.05, 4.69) is 30.8 Å². The second-order valence-electron chi connectivity index (χ2n) is 10.5. The Morgan fingerprint density at radius 1 is 1.02 bits per heavy atom. The number of carbonyl (C=O) groups is 1. The highest BCUT2D eigenvalue weighted by Crippen LogP contribution is 2.32. The van der Waals surface area contributed by atoms with Gasteiger partial charge < -0.3 is 19.5 Å². The molecule has 1 aromatic carbocycles. The highest BCUT2D eigenvalue weighted by atomic mass is 19.4. The number of H-pyrrole nitrogens is 1. The Bertz CT molecular complexity index is 1480. The number of anilines is 1. The van der Waals surface area contributed by atoms with Crippen molar-refractivity contribution in [3.05, 3.63) is 60.6 Å². The fourth-order valence-electron chi connectivity index (χ4n) is 5.72. The van der Waals surface area contributed by atoms with Crippen LogP contribution in [0.5, 0.6) is 5.75 Å². The predicted molar refractivity (Wildman–Crippen MR) is 146 cm³/mol. The number of amides is 1. The SMILES string of the molecule is O=C(CN1CCN(c2cc[nH]c3cnc4nccc4c23)CC1)N1CCCC(COc2ccc(C(F)(F)F)cc2)C1. The predicted octanol–water partition coefficient (Wildman–Crippen LogP) is 4.57. The van der Waals surface area contributed by atoms with Gasteiger partial charge in [-0.1, -0.05) is 0 Å². The molecule has 1 unspecified atom stereocenters. The van der Waals surface area contributed by atoms with Crippen LogP contribution in [0.1, 0.15) is 18.4 Å². The summed E-state index contributed by atoms with van der Waals surface area (Å²) in [5, 5.41) is 2.15. The number of carbonyl (C=O) groups excluding carboxylic acids is 1. The molecular formula is C29H31F3N6O2. The molecule has 2 aliphatic rings. The van der Waals surface area contributed by atoms with E-state index < -0.39 is 11.7 Å². The average Bonchev–Trinajstić information content (AvgIpc) is 3.46. The molecule has 2 fully saturated rings. The van der Waals surface area contributed by atoms with Gasteiger partial charge in [-0.05, 0) is 49.2 Å². The zero-order chi connectivity index (χ0) is 27.7. The van der Waals surface area contributed by atoms with Crippen molar-refractivity contribution in [2.75, 3.05) is 57.3 Å². The zero-order valence-corrected chi connectivity index (χ0v) is 22.0. The van der Waals surface area contributed by atoms with Crippen LogP contribution < -0.4 is 9.64 Å². The number of fused-ring (bicyclic) bond motifs is 3. The fraction of sp³-hybridized carbons (Fsp3) is 0.414. The maximum absolute atomic E-state index is 13.2. The van der Waals surface area contributed by atoms with E-state index in [-0.39, 0.29) is 11.8 Å². The number of benzene rings is 1. The highest BCUT2D eigenvalue weighted by molar-refractivity contribution is 6.10. The summed E-state index contributed by atoms with van der Waals surface area (Å²) in [6, 6.07) is 8.84. The Morgan fingerprint density at radius 3 is 2.60 bits per heavy atom. The molecule has 8 nitrogen and oxygen atoms in total. The van der Waals surface area contributed by atoms with E-state index in [9.17, 15) is 18.0 Å². The normalized spacial score (nSPS) is 18.9. The summed E-state index contributed by atoms with van der Waals surface area (Å²) in [7, 11) is 0. The van der Waals surface area contributed by atoms with Crippen LogP contribution in [0.4, 0.5) is 18.9 Å². The molecule has 1 amide bonds. The van der Waals surface area contributed by atoms with Crippen LogP contribution in [-0.2, 0) is 11.0 Å². The first-order chi connectivity index (χ1) is 19.3. The molecule has 0 radical (unpaired) electrons. The van der Waals surface area contributed by atoms with Crippen LogP contribution in [0.3, 0.4) is 0 Å². The molecule has 6 rings (SSSR count). The number of piperazine rings is 1. The summed E-state index contributed by atoms with van der Waals surface area (Å²) in [4.78, 5) is 31.7. The standard InChI is InChI=1S/C29H31F3N6O2/c30-29(31,32)21-3-5-22(6-4-21)40-19-20-2-1-11-38(17-20)26(39)18-36-12-14-37(15-13-36)25-8-10-33-24-16-35-28-23(27(24)25)7-9-34-28/h3-10,16,20,33H,1-2,11-15,17-19H2. The maximum atomic E-state index is 13.2. The molecule has 5 heterocycles. The largest absolute Gasteiger partial charge is 0.493 e. The van der Waals surface area contributed by atoms with Crippen molar-refractivity contribution in [3.63, 3.8) is 0 Å². The molecule has 1 N–H and O–H groups in total. The molecule has 210 valence electrons. The minimum Gasteiger partial charge on any atom is -0.493 e. The molecule has 2 saturated heterocycles. The van der Waals surface area contributed by atoms with Gasteiger partial charge in [0.15, 0.2) is 5.65 Å². The zero-order valence-electron chi connectivity index (χ0n) is 22.0. The van der Waals surface area contributed by atoms with Crippen molar-refractivity contribution < 1.29 is 22.7 Å². The molecule has 11 heteroatoms. The molecular weight excluding hydrogens is 521 g/mol. The quantitative estimate of drug-likeness (QED) is 0.378. The number of nitrogens with zero attached hydrogens (tertiary/aromatic N) is 5. The van der Waals surface area contributed by atoms with Crippen molar-refractivity contribution in [2.45, 2.75) is 19.0 Å². The number of pyridine rings is 2. The van der Waals surface area contributed by atoms with Crippen LogP contribution >= 0.6 is 0 Å². The maximum Gasteiger partial charge on any atom is 0.416 e. The van der Waals surface area contributed by atoms with Gasteiger partial charge in [0, 0.05) is 74.0 Å².